The van der Waals surface area contributed by atoms with E-state index in [1.54, 1.807) is 12.1 Å². The molecule has 0 aromatic heterocycles. The third-order valence-corrected chi connectivity index (χ3v) is 2.46. The number of hydrogen-bond acceptors (Lipinski definition) is 5. The molecule has 1 aromatic rings. The van der Waals surface area contributed by atoms with Crippen LogP contribution in [0.15, 0.2) is 34.3 Å². The Morgan fingerprint density at radius 3 is 2.57 bits per heavy atom. The van der Waals surface area contributed by atoms with Crippen LogP contribution in [0.2, 0.25) is 0 Å². The lowest BCUT2D eigenvalue weighted by atomic mass is 10.2. The topological polar surface area (TPSA) is 108 Å². The van der Waals surface area contributed by atoms with Gasteiger partial charge in [0.1, 0.15) is 0 Å². The highest BCUT2D eigenvalue weighted by molar-refractivity contribution is 7.89. The molecule has 1 aromatic carbocycles. The van der Waals surface area contributed by atoms with Crippen LogP contribution in [0, 0.1) is 0 Å². The lowest BCUT2D eigenvalue weighted by Crippen LogP contribution is -2.14. The molecule has 0 radical (unpaired) electrons. The molecule has 0 saturated heterocycles. The maximum atomic E-state index is 11.1. The van der Waals surface area contributed by atoms with Crippen molar-refractivity contribution in [2.24, 2.45) is 16.2 Å². The van der Waals surface area contributed by atoms with Crippen molar-refractivity contribution in [2.75, 3.05) is 0 Å². The van der Waals surface area contributed by atoms with Crippen LogP contribution in [0.25, 0.3) is 0 Å². The highest BCUT2D eigenvalue weighted by Gasteiger charge is 2.11. The molecule has 6 nitrogen and oxygen atoms in total. The second-order valence-corrected chi connectivity index (χ2v) is 3.95. The lowest BCUT2D eigenvalue weighted by molar-refractivity contribution is 0.150. The fourth-order valence-electron chi connectivity index (χ4n) is 0.934. The summed E-state index contributed by atoms with van der Waals surface area (Å²) in [7, 11) is -3.75. The van der Waals surface area contributed by atoms with Crippen LogP contribution in [-0.2, 0) is 15.0 Å². The summed E-state index contributed by atoms with van der Waals surface area (Å²) in [6.45, 7) is 0. The first-order valence-corrected chi connectivity index (χ1v) is 5.11. The summed E-state index contributed by atoms with van der Waals surface area (Å²) in [5.74, 6) is 4.66. The zero-order chi connectivity index (χ0) is 10.6. The van der Waals surface area contributed by atoms with Crippen LogP contribution in [0.1, 0.15) is 5.56 Å². The maximum absolute atomic E-state index is 11.1. The molecular formula is C7H9N3O3S. The van der Waals surface area contributed by atoms with E-state index in [0.29, 0.717) is 5.56 Å². The summed E-state index contributed by atoms with van der Waals surface area (Å²) in [5.41, 5.74) is 0.320. The van der Waals surface area contributed by atoms with Gasteiger partial charge in [-0.1, -0.05) is 23.4 Å². The molecule has 0 unspecified atom stereocenters. The fraction of sp³-hybridized carbons (Fsp3) is 0. The Balaban J connectivity index is 3.24. The Morgan fingerprint density at radius 2 is 2.00 bits per heavy atom. The molecular weight excluding hydrogens is 206 g/mol. The molecule has 0 aliphatic carbocycles. The van der Waals surface area contributed by atoms with Gasteiger partial charge in [0.15, 0.2) is 0 Å². The van der Waals surface area contributed by atoms with E-state index < -0.39 is 10.0 Å². The minimum Gasteiger partial charge on any atom is -0.303 e. The normalized spacial score (nSPS) is 11.9. The molecule has 76 valence electrons. The summed E-state index contributed by atoms with van der Waals surface area (Å²) in [4.78, 5) is 3.92. The van der Waals surface area contributed by atoms with Gasteiger partial charge in [0.05, 0.1) is 11.1 Å². The highest BCUT2D eigenvalue weighted by Crippen LogP contribution is 2.11. The zero-order valence-corrected chi connectivity index (χ0v) is 7.94. The van der Waals surface area contributed by atoms with E-state index in [1.165, 1.54) is 18.3 Å². The van der Waals surface area contributed by atoms with Gasteiger partial charge in [-0.05, 0) is 6.07 Å². The van der Waals surface area contributed by atoms with Crippen LogP contribution < -0.4 is 11.0 Å². The molecule has 0 aliphatic heterocycles. The first kappa shape index (κ1) is 10.6. The Hall–Kier alpha value is -1.44. The standard InChI is InChI=1S/C7H9N3O3S/c8-13-10-5-6-3-1-2-4-7(6)14(9,11)12/h1-5H,8H2,(H2,9,11,12)/b10-5+. The summed E-state index contributed by atoms with van der Waals surface area (Å²) in [5, 5.41) is 8.22. The van der Waals surface area contributed by atoms with Crippen molar-refractivity contribution in [2.45, 2.75) is 4.90 Å². The molecule has 0 atom stereocenters. The van der Waals surface area contributed by atoms with Gasteiger partial charge in [0.25, 0.3) is 0 Å². The molecule has 0 fully saturated rings. The van der Waals surface area contributed by atoms with Gasteiger partial charge in [-0.15, -0.1) is 5.90 Å². The largest absolute Gasteiger partial charge is 0.303 e. The number of benzene rings is 1. The fourth-order valence-corrected chi connectivity index (χ4v) is 1.65. The smallest absolute Gasteiger partial charge is 0.238 e. The second-order valence-electron chi connectivity index (χ2n) is 2.42. The van der Waals surface area contributed by atoms with Gasteiger partial charge in [0.2, 0.25) is 10.0 Å². The molecule has 0 aliphatic rings. The first-order valence-electron chi connectivity index (χ1n) is 3.57. The third kappa shape index (κ3) is 2.52. The van der Waals surface area contributed by atoms with Crippen LogP contribution in [0.4, 0.5) is 0 Å². The maximum Gasteiger partial charge on any atom is 0.238 e. The SMILES string of the molecule is NO/N=C/c1ccccc1S(N)(=O)=O. The van der Waals surface area contributed by atoms with E-state index in [2.05, 4.69) is 16.0 Å². The predicted molar refractivity (Wildman–Crippen MR) is 50.7 cm³/mol. The number of nitrogens with two attached hydrogens (primary N) is 2. The van der Waals surface area contributed by atoms with E-state index in [0.717, 1.165) is 0 Å². The predicted octanol–water partition coefficient (Wildman–Crippen LogP) is -0.442. The van der Waals surface area contributed by atoms with Gasteiger partial charge >= 0.3 is 0 Å². The van der Waals surface area contributed by atoms with Crippen molar-refractivity contribution in [3.8, 4) is 0 Å². The molecule has 0 heterocycles. The molecule has 0 amide bonds. The van der Waals surface area contributed by atoms with Crippen LogP contribution >= 0.6 is 0 Å². The van der Waals surface area contributed by atoms with Gasteiger partial charge in [-0.25, -0.2) is 13.6 Å². The van der Waals surface area contributed by atoms with E-state index in [9.17, 15) is 8.42 Å². The Morgan fingerprint density at radius 1 is 1.36 bits per heavy atom. The highest BCUT2D eigenvalue weighted by atomic mass is 32.2. The van der Waals surface area contributed by atoms with E-state index >= 15 is 0 Å². The first-order chi connectivity index (χ1) is 6.55. The molecule has 7 heteroatoms. The number of rotatable bonds is 3. The number of oxime groups is 1. The number of hydrogen-bond donors (Lipinski definition) is 2. The summed E-state index contributed by atoms with van der Waals surface area (Å²) in [6.07, 6.45) is 1.17. The molecule has 0 spiro atoms. The molecule has 4 N–H and O–H groups in total. The lowest BCUT2D eigenvalue weighted by Gasteiger charge is -2.01. The van der Waals surface area contributed by atoms with Gasteiger partial charge < -0.3 is 4.94 Å². The quantitative estimate of drug-likeness (QED) is 0.526. The molecule has 1 rings (SSSR count). The average molecular weight is 215 g/mol. The van der Waals surface area contributed by atoms with Crippen molar-refractivity contribution in [3.63, 3.8) is 0 Å². The second kappa shape index (κ2) is 4.18. The summed E-state index contributed by atoms with van der Waals surface area (Å²) < 4.78 is 22.1. The van der Waals surface area contributed by atoms with Gasteiger partial charge in [-0.3, -0.25) is 0 Å². The van der Waals surface area contributed by atoms with E-state index in [1.807, 2.05) is 0 Å². The molecule has 0 saturated carbocycles. The summed E-state index contributed by atoms with van der Waals surface area (Å²) >= 11 is 0. The van der Waals surface area contributed by atoms with E-state index in [4.69, 9.17) is 5.14 Å². The summed E-state index contributed by atoms with van der Waals surface area (Å²) in [6, 6.07) is 6.10. The van der Waals surface area contributed by atoms with Crippen molar-refractivity contribution in [1.82, 2.24) is 0 Å². The van der Waals surface area contributed by atoms with Crippen LogP contribution in [0.3, 0.4) is 0 Å². The van der Waals surface area contributed by atoms with E-state index in [-0.39, 0.29) is 4.90 Å². The number of primary sulfonamides is 1. The van der Waals surface area contributed by atoms with Crippen molar-refractivity contribution < 1.29 is 13.4 Å². The van der Waals surface area contributed by atoms with Crippen molar-refractivity contribution in [1.29, 1.82) is 0 Å². The minimum absolute atomic E-state index is 0.0270. The van der Waals surface area contributed by atoms with Crippen LogP contribution in [-0.4, -0.2) is 14.6 Å². The third-order valence-electron chi connectivity index (χ3n) is 1.48. The molecule has 0 bridgehead atoms. The molecule has 14 heavy (non-hydrogen) atoms. The Bertz CT molecular complexity index is 441. The number of sulfonamides is 1. The van der Waals surface area contributed by atoms with Crippen LogP contribution in [0.5, 0.6) is 0 Å². The Labute approximate surface area is 81.2 Å². The monoisotopic (exact) mass is 215 g/mol. The Kier molecular flexibility index (Phi) is 3.18. The van der Waals surface area contributed by atoms with Gasteiger partial charge in [-0.2, -0.15) is 0 Å². The van der Waals surface area contributed by atoms with Gasteiger partial charge in [0, 0.05) is 5.56 Å². The van der Waals surface area contributed by atoms with Crippen molar-refractivity contribution >= 4 is 16.2 Å². The zero-order valence-electron chi connectivity index (χ0n) is 7.12. The van der Waals surface area contributed by atoms with Crippen molar-refractivity contribution in [3.05, 3.63) is 29.8 Å². The minimum atomic E-state index is -3.75. The number of nitrogens with zero attached hydrogens (tertiary/aromatic N) is 1. The average Bonchev–Trinajstić information content (AvgIpc) is 2.14.